The Bertz CT molecular complexity index is 1670. The first-order valence-electron chi connectivity index (χ1n) is 12.7. The summed E-state index contributed by atoms with van der Waals surface area (Å²) in [4.78, 5) is 12.8. The number of carbonyl (C=O) groups excluding carboxylic acids is 1. The zero-order valence-corrected chi connectivity index (χ0v) is 24.1. The van der Waals surface area contributed by atoms with Gasteiger partial charge in [-0.3, -0.25) is 4.79 Å². The lowest BCUT2D eigenvalue weighted by molar-refractivity contribution is -0.112. The summed E-state index contributed by atoms with van der Waals surface area (Å²) in [7, 11) is -3.92. The predicted molar refractivity (Wildman–Crippen MR) is 158 cm³/mol. The first-order valence-corrected chi connectivity index (χ1v) is 14.6. The van der Waals surface area contributed by atoms with E-state index in [1.54, 1.807) is 36.4 Å². The zero-order chi connectivity index (χ0) is 29.4. The van der Waals surface area contributed by atoms with Crippen LogP contribution < -0.4 is 10.1 Å². The van der Waals surface area contributed by atoms with E-state index in [1.165, 1.54) is 34.6 Å². The van der Waals surface area contributed by atoms with Gasteiger partial charge in [0.1, 0.15) is 28.9 Å². The molecule has 1 N–H and O–H groups in total. The number of hydrogen-bond acceptors (Lipinski definition) is 6. The molecule has 0 radical (unpaired) electrons. The molecule has 4 aromatic rings. The van der Waals surface area contributed by atoms with E-state index in [-0.39, 0.29) is 29.3 Å². The van der Waals surface area contributed by atoms with Crippen LogP contribution in [-0.4, -0.2) is 25.2 Å². The summed E-state index contributed by atoms with van der Waals surface area (Å²) >= 11 is 5.97. The molecule has 0 saturated carbocycles. The monoisotopic (exact) mass is 589 g/mol. The van der Waals surface area contributed by atoms with E-state index in [0.717, 1.165) is 11.1 Å². The lowest BCUT2D eigenvalue weighted by Crippen LogP contribution is -2.30. The Morgan fingerprint density at radius 3 is 2.32 bits per heavy atom. The van der Waals surface area contributed by atoms with Crippen LogP contribution in [0.25, 0.3) is 6.08 Å². The van der Waals surface area contributed by atoms with E-state index in [1.807, 2.05) is 44.2 Å². The van der Waals surface area contributed by atoms with Crippen molar-refractivity contribution in [2.24, 2.45) is 0 Å². The Hall–Kier alpha value is -4.36. The molecule has 0 aliphatic carbocycles. The van der Waals surface area contributed by atoms with Gasteiger partial charge in [0.05, 0.1) is 18.0 Å². The van der Waals surface area contributed by atoms with Gasteiger partial charge in [-0.1, -0.05) is 41.4 Å². The number of benzene rings is 3. The highest BCUT2D eigenvalue weighted by molar-refractivity contribution is 7.89. The van der Waals surface area contributed by atoms with Crippen molar-refractivity contribution >= 4 is 39.3 Å². The zero-order valence-electron chi connectivity index (χ0n) is 22.5. The number of ether oxygens (including phenoxy) is 1. The van der Waals surface area contributed by atoms with Crippen LogP contribution in [0.15, 0.2) is 99.8 Å². The average molecular weight is 590 g/mol. The molecule has 0 fully saturated rings. The molecule has 1 heterocycles. The van der Waals surface area contributed by atoms with Crippen molar-refractivity contribution in [3.63, 3.8) is 0 Å². The first kappa shape index (κ1) is 29.6. The minimum Gasteiger partial charge on any atom is -0.494 e. The Labute approximate surface area is 244 Å². The van der Waals surface area contributed by atoms with Crippen molar-refractivity contribution in [2.45, 2.75) is 31.8 Å². The molecule has 0 aliphatic heterocycles. The molecule has 0 spiro atoms. The Morgan fingerprint density at radius 1 is 1.00 bits per heavy atom. The third-order valence-corrected chi connectivity index (χ3v) is 8.08. The highest BCUT2D eigenvalue weighted by Gasteiger charge is 2.26. The predicted octanol–water partition coefficient (Wildman–Crippen LogP) is 6.58. The van der Waals surface area contributed by atoms with Crippen LogP contribution in [0, 0.1) is 18.3 Å². The lowest BCUT2D eigenvalue weighted by Gasteiger charge is -2.21. The summed E-state index contributed by atoms with van der Waals surface area (Å²) in [5.74, 6) is 0.628. The van der Waals surface area contributed by atoms with E-state index < -0.39 is 15.9 Å². The molecule has 10 heteroatoms. The Morgan fingerprint density at radius 2 is 1.68 bits per heavy atom. The van der Waals surface area contributed by atoms with Crippen LogP contribution in [0.3, 0.4) is 0 Å². The largest absolute Gasteiger partial charge is 0.494 e. The summed E-state index contributed by atoms with van der Waals surface area (Å²) in [5.41, 5.74) is 2.18. The van der Waals surface area contributed by atoms with Gasteiger partial charge >= 0.3 is 0 Å². The van der Waals surface area contributed by atoms with E-state index >= 15 is 0 Å². The second-order valence-electron chi connectivity index (χ2n) is 9.10. The number of sulfonamides is 1. The van der Waals surface area contributed by atoms with Crippen molar-refractivity contribution in [1.29, 1.82) is 5.26 Å². The molecule has 1 amide bonds. The maximum absolute atomic E-state index is 13.6. The SMILES string of the molecule is CCOc1ccc(NC(=O)/C(C#N)=C\c2ccc(CN(Cc3ccc(C)cc3)S(=O)(=O)c3ccc(Cl)cc3)o2)cc1. The number of hydrogen-bond donors (Lipinski definition) is 1. The molecule has 41 heavy (non-hydrogen) atoms. The van der Waals surface area contributed by atoms with Crippen LogP contribution in [0.4, 0.5) is 5.69 Å². The second kappa shape index (κ2) is 13.3. The van der Waals surface area contributed by atoms with Gasteiger partial charge in [0.2, 0.25) is 10.0 Å². The highest BCUT2D eigenvalue weighted by atomic mass is 35.5. The number of nitrogens with one attached hydrogen (secondary N) is 1. The molecule has 0 aliphatic rings. The lowest BCUT2D eigenvalue weighted by atomic mass is 10.1. The molecule has 1 aromatic heterocycles. The minimum atomic E-state index is -3.92. The number of nitriles is 1. The number of nitrogens with zero attached hydrogens (tertiary/aromatic N) is 2. The third-order valence-electron chi connectivity index (χ3n) is 6.02. The molecule has 0 atom stereocenters. The Kier molecular flexibility index (Phi) is 9.63. The topological polar surface area (TPSA) is 113 Å². The molecule has 0 unspecified atom stereocenters. The number of anilines is 1. The quantitative estimate of drug-likeness (QED) is 0.156. The number of rotatable bonds is 11. The van der Waals surface area contributed by atoms with Gasteiger partial charge in [0.25, 0.3) is 5.91 Å². The van der Waals surface area contributed by atoms with Gasteiger partial charge in [0.15, 0.2) is 0 Å². The number of aryl methyl sites for hydroxylation is 1. The molecule has 210 valence electrons. The van der Waals surface area contributed by atoms with Crippen LogP contribution in [0.2, 0.25) is 5.02 Å². The smallest absolute Gasteiger partial charge is 0.266 e. The van der Waals surface area contributed by atoms with Crippen molar-refractivity contribution < 1.29 is 22.4 Å². The molecule has 4 rings (SSSR count). The van der Waals surface area contributed by atoms with E-state index in [0.29, 0.717) is 28.8 Å². The van der Waals surface area contributed by atoms with Crippen LogP contribution in [-0.2, 0) is 27.9 Å². The van der Waals surface area contributed by atoms with E-state index in [9.17, 15) is 18.5 Å². The standard InChI is InChI=1S/C31H28ClN3O5S/c1-3-39-27-12-10-26(11-13-27)34-31(36)24(19-33)18-28-14-15-29(40-28)21-35(20-23-6-4-22(2)5-7-23)41(37,38)30-16-8-25(32)9-17-30/h4-18H,3,20-21H2,1-2H3,(H,34,36)/b24-18-. The van der Waals surface area contributed by atoms with Crippen LogP contribution >= 0.6 is 11.6 Å². The Balaban J connectivity index is 1.54. The number of halogens is 1. The summed E-state index contributed by atoms with van der Waals surface area (Å²) in [5, 5.41) is 12.7. The molecular weight excluding hydrogens is 562 g/mol. The van der Waals surface area contributed by atoms with Gasteiger partial charge < -0.3 is 14.5 Å². The van der Waals surface area contributed by atoms with Crippen molar-refractivity contribution in [2.75, 3.05) is 11.9 Å². The highest BCUT2D eigenvalue weighted by Crippen LogP contribution is 2.24. The van der Waals surface area contributed by atoms with Crippen LogP contribution in [0.5, 0.6) is 5.75 Å². The van der Waals surface area contributed by atoms with Gasteiger partial charge in [-0.25, -0.2) is 8.42 Å². The molecule has 0 bridgehead atoms. The summed E-state index contributed by atoms with van der Waals surface area (Å²) in [6, 6.07) is 25.4. The number of furan rings is 1. The van der Waals surface area contributed by atoms with Crippen molar-refractivity contribution in [1.82, 2.24) is 4.31 Å². The molecule has 3 aromatic carbocycles. The maximum atomic E-state index is 13.6. The fourth-order valence-corrected chi connectivity index (χ4v) is 5.42. The van der Waals surface area contributed by atoms with Gasteiger partial charge in [-0.15, -0.1) is 0 Å². The molecular formula is C31H28ClN3O5S. The molecule has 0 saturated heterocycles. The first-order chi connectivity index (χ1) is 19.7. The number of carbonyl (C=O) groups is 1. The van der Waals surface area contributed by atoms with Gasteiger partial charge in [-0.05, 0) is 80.1 Å². The third kappa shape index (κ3) is 7.86. The van der Waals surface area contributed by atoms with Crippen molar-refractivity contribution in [3.05, 3.63) is 118 Å². The fraction of sp³-hybridized carbons (Fsp3) is 0.161. The summed E-state index contributed by atoms with van der Waals surface area (Å²) < 4.78 is 39.7. The summed E-state index contributed by atoms with van der Waals surface area (Å²) in [6.45, 7) is 4.38. The number of amides is 1. The average Bonchev–Trinajstić information content (AvgIpc) is 3.40. The van der Waals surface area contributed by atoms with Crippen molar-refractivity contribution in [3.8, 4) is 11.8 Å². The molecule has 8 nitrogen and oxygen atoms in total. The van der Waals surface area contributed by atoms with Gasteiger partial charge in [0, 0.05) is 23.3 Å². The van der Waals surface area contributed by atoms with Crippen LogP contribution in [0.1, 0.15) is 29.6 Å². The van der Waals surface area contributed by atoms with Gasteiger partial charge in [-0.2, -0.15) is 9.57 Å². The second-order valence-corrected chi connectivity index (χ2v) is 11.5. The van der Waals surface area contributed by atoms with E-state index in [2.05, 4.69) is 5.32 Å². The minimum absolute atomic E-state index is 0.0764. The summed E-state index contributed by atoms with van der Waals surface area (Å²) in [6.07, 6.45) is 1.31. The normalized spacial score (nSPS) is 11.7. The maximum Gasteiger partial charge on any atom is 0.266 e. The fourth-order valence-electron chi connectivity index (χ4n) is 3.90. The van der Waals surface area contributed by atoms with E-state index in [4.69, 9.17) is 20.8 Å².